The van der Waals surface area contributed by atoms with Crippen LogP contribution in [0.3, 0.4) is 0 Å². The summed E-state index contributed by atoms with van der Waals surface area (Å²) in [5.41, 5.74) is -0.222. The van der Waals surface area contributed by atoms with Gasteiger partial charge in [0.1, 0.15) is 6.04 Å². The molecule has 0 aromatic carbocycles. The second-order valence-corrected chi connectivity index (χ2v) is 3.76. The molecule has 0 radical (unpaired) electrons. The van der Waals surface area contributed by atoms with Gasteiger partial charge in [0, 0.05) is 0 Å². The molecule has 0 spiro atoms. The van der Waals surface area contributed by atoms with Crippen LogP contribution in [0.4, 0.5) is 0 Å². The molecule has 0 aliphatic heterocycles. The fourth-order valence-corrected chi connectivity index (χ4v) is 0.927. The molecule has 1 atom stereocenters. The van der Waals surface area contributed by atoms with Crippen molar-refractivity contribution in [3.8, 4) is 0 Å². The lowest BCUT2D eigenvalue weighted by Gasteiger charge is -2.26. The third-order valence-corrected chi connectivity index (χ3v) is 1.50. The van der Waals surface area contributed by atoms with E-state index in [-0.39, 0.29) is 5.41 Å². The van der Waals surface area contributed by atoms with Gasteiger partial charge in [0.15, 0.2) is 0 Å². The van der Waals surface area contributed by atoms with Crippen LogP contribution in [0.2, 0.25) is 0 Å². The lowest BCUT2D eigenvalue weighted by atomic mass is 9.87. The van der Waals surface area contributed by atoms with Gasteiger partial charge in [-0.3, -0.25) is 9.59 Å². The van der Waals surface area contributed by atoms with Gasteiger partial charge in [0.25, 0.3) is 6.47 Å². The van der Waals surface area contributed by atoms with Gasteiger partial charge in [0.2, 0.25) is 0 Å². The number of hydrogen-bond acceptors (Lipinski definition) is 4. The van der Waals surface area contributed by atoms with E-state index in [0.29, 0.717) is 6.47 Å². The van der Waals surface area contributed by atoms with Crippen LogP contribution in [0.5, 0.6) is 0 Å². The Bertz CT molecular complexity index is 174. The van der Waals surface area contributed by atoms with Crippen molar-refractivity contribution < 1.29 is 19.4 Å². The van der Waals surface area contributed by atoms with Gasteiger partial charge in [0.05, 0.1) is 7.11 Å². The number of methoxy groups -OCH3 is 1. The van der Waals surface area contributed by atoms with E-state index in [1.165, 1.54) is 7.11 Å². The van der Waals surface area contributed by atoms with Gasteiger partial charge >= 0.3 is 5.97 Å². The summed E-state index contributed by atoms with van der Waals surface area (Å²) in [5, 5.41) is 11.4. The van der Waals surface area contributed by atoms with E-state index >= 15 is 0 Å². The summed E-state index contributed by atoms with van der Waals surface area (Å²) in [6, 6.07) is -0.465. The Labute approximate surface area is 84.4 Å². The van der Waals surface area contributed by atoms with Gasteiger partial charge in [-0.25, -0.2) is 0 Å². The topological polar surface area (TPSA) is 75.6 Å². The summed E-state index contributed by atoms with van der Waals surface area (Å²) >= 11 is 0. The van der Waals surface area contributed by atoms with Crippen molar-refractivity contribution in [3.63, 3.8) is 0 Å². The normalized spacial score (nSPS) is 12.1. The quantitative estimate of drug-likeness (QED) is 0.656. The maximum Gasteiger partial charge on any atom is 0.321 e. The van der Waals surface area contributed by atoms with Crippen LogP contribution in [0.1, 0.15) is 20.8 Å². The van der Waals surface area contributed by atoms with Crippen molar-refractivity contribution in [1.82, 2.24) is 5.32 Å². The molecule has 0 fully saturated rings. The van der Waals surface area contributed by atoms with E-state index in [0.717, 1.165) is 0 Å². The lowest BCUT2D eigenvalue weighted by molar-refractivity contribution is -0.142. The molecule has 0 aliphatic rings. The Morgan fingerprint density at radius 2 is 1.86 bits per heavy atom. The van der Waals surface area contributed by atoms with Crippen LogP contribution in [-0.4, -0.2) is 37.7 Å². The Balaban J connectivity index is 0. The van der Waals surface area contributed by atoms with E-state index in [1.807, 2.05) is 20.8 Å². The molecule has 5 nitrogen and oxygen atoms in total. The smallest absolute Gasteiger partial charge is 0.321 e. The molecule has 0 aromatic heterocycles. The zero-order valence-corrected chi connectivity index (χ0v) is 9.33. The van der Waals surface area contributed by atoms with E-state index in [4.69, 9.17) is 9.90 Å². The van der Waals surface area contributed by atoms with E-state index in [9.17, 15) is 4.79 Å². The number of aliphatic carboxylic acids is 1. The molecular formula is C9H19NO4. The highest BCUT2D eigenvalue weighted by atomic mass is 16.5. The third-order valence-electron chi connectivity index (χ3n) is 1.50. The van der Waals surface area contributed by atoms with E-state index in [1.54, 1.807) is 7.05 Å². The SMILES string of the molecule is CNC(C(=O)O)C(C)(C)C.COC=O. The largest absolute Gasteiger partial charge is 0.480 e. The maximum absolute atomic E-state index is 10.5. The molecule has 0 rings (SSSR count). The van der Waals surface area contributed by atoms with Crippen LogP contribution in [0.25, 0.3) is 0 Å². The number of carbonyl (C=O) groups is 2. The van der Waals surface area contributed by atoms with Crippen molar-refractivity contribution in [1.29, 1.82) is 0 Å². The molecule has 14 heavy (non-hydrogen) atoms. The molecule has 0 aromatic rings. The van der Waals surface area contributed by atoms with Crippen LogP contribution in [0, 0.1) is 5.41 Å². The second-order valence-electron chi connectivity index (χ2n) is 3.76. The number of carbonyl (C=O) groups excluding carboxylic acids is 1. The molecule has 0 amide bonds. The third kappa shape index (κ3) is 7.54. The van der Waals surface area contributed by atoms with Gasteiger partial charge in [-0.15, -0.1) is 0 Å². The maximum atomic E-state index is 10.5. The van der Waals surface area contributed by atoms with Gasteiger partial charge < -0.3 is 15.2 Å². The summed E-state index contributed by atoms with van der Waals surface area (Å²) in [6.45, 7) is 6.05. The van der Waals surface area contributed by atoms with Crippen LogP contribution in [0.15, 0.2) is 0 Å². The molecule has 1 unspecified atom stereocenters. The van der Waals surface area contributed by atoms with Crippen LogP contribution in [-0.2, 0) is 14.3 Å². The summed E-state index contributed by atoms with van der Waals surface area (Å²) in [4.78, 5) is 19.5. The highest BCUT2D eigenvalue weighted by molar-refractivity contribution is 5.74. The molecular weight excluding hydrogens is 186 g/mol. The molecule has 0 aliphatic carbocycles. The Morgan fingerprint density at radius 3 is 1.86 bits per heavy atom. The molecule has 0 bridgehead atoms. The van der Waals surface area contributed by atoms with Crippen molar-refractivity contribution in [2.75, 3.05) is 14.2 Å². The Kier molecular flexibility index (Phi) is 8.04. The highest BCUT2D eigenvalue weighted by Gasteiger charge is 2.28. The number of nitrogens with one attached hydrogen (secondary N) is 1. The van der Waals surface area contributed by atoms with Crippen molar-refractivity contribution in [2.45, 2.75) is 26.8 Å². The van der Waals surface area contributed by atoms with Crippen LogP contribution < -0.4 is 5.32 Å². The Morgan fingerprint density at radius 1 is 1.50 bits per heavy atom. The molecule has 84 valence electrons. The van der Waals surface area contributed by atoms with Crippen LogP contribution >= 0.6 is 0 Å². The first-order chi connectivity index (χ1) is 6.31. The van der Waals surface area contributed by atoms with Crippen molar-refractivity contribution >= 4 is 12.4 Å². The predicted molar refractivity (Wildman–Crippen MR) is 53.0 cm³/mol. The zero-order chi connectivity index (χ0) is 11.8. The summed E-state index contributed by atoms with van der Waals surface area (Å²) in [7, 11) is 2.97. The van der Waals surface area contributed by atoms with Gasteiger partial charge in [-0.05, 0) is 12.5 Å². The predicted octanol–water partition coefficient (Wildman–Crippen LogP) is 0.494. The molecule has 0 saturated heterocycles. The highest BCUT2D eigenvalue weighted by Crippen LogP contribution is 2.18. The zero-order valence-electron chi connectivity index (χ0n) is 9.33. The first-order valence-electron chi connectivity index (χ1n) is 4.17. The minimum absolute atomic E-state index is 0.222. The fraction of sp³-hybridized carbons (Fsp3) is 0.778. The van der Waals surface area contributed by atoms with Gasteiger partial charge in [-0.2, -0.15) is 0 Å². The molecule has 0 saturated carbocycles. The number of hydrogen-bond donors (Lipinski definition) is 2. The number of carboxylic acids is 1. The first kappa shape index (κ1) is 15.4. The molecule has 0 heterocycles. The average molecular weight is 205 g/mol. The summed E-state index contributed by atoms with van der Waals surface area (Å²) in [5.74, 6) is -0.796. The Hall–Kier alpha value is -1.10. The van der Waals surface area contributed by atoms with Crippen molar-refractivity contribution in [3.05, 3.63) is 0 Å². The average Bonchev–Trinajstić information content (AvgIpc) is 2.02. The lowest BCUT2D eigenvalue weighted by Crippen LogP contribution is -2.44. The second kappa shape index (κ2) is 7.32. The number of carboxylic acid groups (broad SMARTS) is 1. The number of ether oxygens (including phenoxy) is 1. The number of likely N-dealkylation sites (N-methyl/N-ethyl adjacent to an activating group) is 1. The summed E-state index contributed by atoms with van der Waals surface area (Å²) in [6.07, 6.45) is 0. The minimum Gasteiger partial charge on any atom is -0.480 e. The fourth-order valence-electron chi connectivity index (χ4n) is 0.927. The monoisotopic (exact) mass is 205 g/mol. The van der Waals surface area contributed by atoms with Crippen molar-refractivity contribution in [2.24, 2.45) is 5.41 Å². The minimum atomic E-state index is -0.796. The van der Waals surface area contributed by atoms with E-state index < -0.39 is 12.0 Å². The molecule has 2 N–H and O–H groups in total. The van der Waals surface area contributed by atoms with E-state index in [2.05, 4.69) is 10.1 Å². The molecule has 5 heteroatoms. The van der Waals surface area contributed by atoms with Gasteiger partial charge in [-0.1, -0.05) is 20.8 Å². The number of rotatable bonds is 3. The summed E-state index contributed by atoms with van der Waals surface area (Å²) < 4.78 is 3.86. The standard InChI is InChI=1S/C7H15NO2.C2H4O2/c1-7(2,3)5(8-4)6(9)10;1-4-2-3/h5,8H,1-4H3,(H,9,10);2H,1H3. The first-order valence-corrected chi connectivity index (χ1v) is 4.17.